The molecule has 0 fully saturated rings. The molecule has 0 bridgehead atoms. The molecule has 1 aliphatic heterocycles. The first-order valence-electron chi connectivity index (χ1n) is 12.8. The average molecular weight is 553 g/mol. The van der Waals surface area contributed by atoms with Gasteiger partial charge in [0, 0.05) is 11.1 Å². The molecule has 202 valence electrons. The van der Waals surface area contributed by atoms with Gasteiger partial charge in [0.05, 0.1) is 35.6 Å². The average Bonchev–Trinajstić information content (AvgIpc) is 3.30. The first kappa shape index (κ1) is 26.9. The van der Waals surface area contributed by atoms with E-state index in [0.717, 1.165) is 11.1 Å². The maximum absolute atomic E-state index is 14.1. The molecule has 0 saturated carbocycles. The lowest BCUT2D eigenvalue weighted by atomic mass is 9.93. The Morgan fingerprint density at radius 1 is 1.05 bits per heavy atom. The molecule has 0 N–H and O–H groups in total. The van der Waals surface area contributed by atoms with E-state index in [1.165, 1.54) is 11.3 Å². The van der Waals surface area contributed by atoms with Crippen LogP contribution < -0.4 is 24.4 Å². The van der Waals surface area contributed by atoms with Crippen molar-refractivity contribution in [1.82, 2.24) is 4.57 Å². The third-order valence-electron chi connectivity index (χ3n) is 6.35. The molecule has 0 unspecified atom stereocenters. The van der Waals surface area contributed by atoms with Gasteiger partial charge in [-0.3, -0.25) is 9.36 Å². The second-order valence-electron chi connectivity index (χ2n) is 8.82. The molecule has 0 amide bonds. The summed E-state index contributed by atoms with van der Waals surface area (Å²) in [5.41, 5.74) is 2.74. The van der Waals surface area contributed by atoms with E-state index in [1.807, 2.05) is 72.8 Å². The van der Waals surface area contributed by atoms with Crippen LogP contribution >= 0.6 is 11.3 Å². The number of methoxy groups -OCH3 is 1. The molecule has 2 heterocycles. The second kappa shape index (κ2) is 12.0. The Balaban J connectivity index is 1.80. The van der Waals surface area contributed by atoms with Gasteiger partial charge in [0.25, 0.3) is 5.56 Å². The van der Waals surface area contributed by atoms with Gasteiger partial charge in [-0.2, -0.15) is 0 Å². The minimum absolute atomic E-state index is 0.194. The fourth-order valence-electron chi connectivity index (χ4n) is 4.64. The molecular formula is C32H28N2O5S. The highest BCUT2D eigenvalue weighted by Crippen LogP contribution is 2.35. The smallest absolute Gasteiger partial charge is 0.338 e. The molecule has 1 atom stereocenters. The number of ether oxygens (including phenoxy) is 3. The molecular weight excluding hydrogens is 524 g/mol. The Labute approximate surface area is 235 Å². The van der Waals surface area contributed by atoms with Crippen LogP contribution in [0.1, 0.15) is 29.7 Å². The van der Waals surface area contributed by atoms with Crippen LogP contribution in [0.3, 0.4) is 0 Å². The fourth-order valence-corrected chi connectivity index (χ4v) is 5.63. The largest absolute Gasteiger partial charge is 0.493 e. The Morgan fingerprint density at radius 3 is 2.45 bits per heavy atom. The summed E-state index contributed by atoms with van der Waals surface area (Å²) in [5.74, 6) is 0.537. The van der Waals surface area contributed by atoms with Crippen molar-refractivity contribution in [3.63, 3.8) is 0 Å². The van der Waals surface area contributed by atoms with Crippen LogP contribution in [0.15, 0.2) is 107 Å². The SMILES string of the molecule is C=CCOc1c(/C=c2\sc3n(c2=O)[C@@H](c2ccccc2)C(C(=O)OCC)=C(c2ccccc2)N=3)cccc1OC. The summed E-state index contributed by atoms with van der Waals surface area (Å²) < 4.78 is 18.9. The molecule has 0 radical (unpaired) electrons. The molecule has 0 spiro atoms. The van der Waals surface area contributed by atoms with Crippen molar-refractivity contribution in [2.45, 2.75) is 13.0 Å². The summed E-state index contributed by atoms with van der Waals surface area (Å²) in [4.78, 5) is 32.9. The van der Waals surface area contributed by atoms with Crippen molar-refractivity contribution in [1.29, 1.82) is 0 Å². The lowest BCUT2D eigenvalue weighted by Gasteiger charge is -2.25. The topological polar surface area (TPSA) is 79.1 Å². The van der Waals surface area contributed by atoms with E-state index in [4.69, 9.17) is 19.2 Å². The van der Waals surface area contributed by atoms with E-state index in [0.29, 0.717) is 37.7 Å². The number of esters is 1. The molecule has 7 nitrogen and oxygen atoms in total. The maximum Gasteiger partial charge on any atom is 0.338 e. The molecule has 40 heavy (non-hydrogen) atoms. The Bertz CT molecular complexity index is 1750. The highest BCUT2D eigenvalue weighted by molar-refractivity contribution is 7.07. The summed E-state index contributed by atoms with van der Waals surface area (Å²) in [7, 11) is 1.57. The monoisotopic (exact) mass is 552 g/mol. The van der Waals surface area contributed by atoms with E-state index in [9.17, 15) is 9.59 Å². The zero-order valence-corrected chi connectivity index (χ0v) is 23.0. The normalized spacial score (nSPS) is 14.8. The summed E-state index contributed by atoms with van der Waals surface area (Å²) in [6.45, 7) is 5.95. The fraction of sp³-hybridized carbons (Fsp3) is 0.156. The van der Waals surface area contributed by atoms with Gasteiger partial charge in [0.1, 0.15) is 6.61 Å². The van der Waals surface area contributed by atoms with Crippen LogP contribution in [0.25, 0.3) is 11.8 Å². The van der Waals surface area contributed by atoms with E-state index in [-0.39, 0.29) is 18.8 Å². The number of hydrogen-bond donors (Lipinski definition) is 0. The lowest BCUT2D eigenvalue weighted by Crippen LogP contribution is -2.40. The van der Waals surface area contributed by atoms with Gasteiger partial charge in [-0.15, -0.1) is 0 Å². The van der Waals surface area contributed by atoms with E-state index < -0.39 is 12.0 Å². The van der Waals surface area contributed by atoms with Gasteiger partial charge in [-0.05, 0) is 24.6 Å². The maximum atomic E-state index is 14.1. The number of aromatic nitrogens is 1. The van der Waals surface area contributed by atoms with Crippen LogP contribution in [-0.2, 0) is 9.53 Å². The minimum atomic E-state index is -0.726. The summed E-state index contributed by atoms with van der Waals surface area (Å²) >= 11 is 1.25. The van der Waals surface area contributed by atoms with E-state index in [1.54, 1.807) is 36.8 Å². The Morgan fingerprint density at radius 2 is 1.77 bits per heavy atom. The molecule has 5 rings (SSSR count). The number of thiazole rings is 1. The number of fused-ring (bicyclic) bond motifs is 1. The van der Waals surface area contributed by atoms with Crippen LogP contribution in [0.5, 0.6) is 11.5 Å². The number of carbonyl (C=O) groups excluding carboxylic acids is 1. The van der Waals surface area contributed by atoms with E-state index in [2.05, 4.69) is 6.58 Å². The predicted octanol–water partition coefficient (Wildman–Crippen LogP) is 4.51. The van der Waals surface area contributed by atoms with Gasteiger partial charge >= 0.3 is 5.97 Å². The molecule has 8 heteroatoms. The van der Waals surface area contributed by atoms with Crippen LogP contribution in [-0.4, -0.2) is 30.9 Å². The molecule has 0 saturated heterocycles. The van der Waals surface area contributed by atoms with Crippen molar-refractivity contribution in [2.24, 2.45) is 4.99 Å². The van der Waals surface area contributed by atoms with Gasteiger partial charge in [0.15, 0.2) is 16.3 Å². The first-order valence-corrected chi connectivity index (χ1v) is 13.6. The van der Waals surface area contributed by atoms with Gasteiger partial charge < -0.3 is 14.2 Å². The summed E-state index contributed by atoms with van der Waals surface area (Å²) in [6, 6.07) is 23.7. The standard InChI is InChI=1S/C32H28N2O5S/c1-4-19-39-29-23(17-12-18-24(29)37-3)20-25-30(35)34-28(22-15-10-7-11-16-22)26(31(36)38-5-2)27(33-32(34)40-25)21-13-8-6-9-14-21/h4,6-18,20,28H,1,5,19H2,2-3H3/b25-20-/t28-/m0/s1. The third-order valence-corrected chi connectivity index (χ3v) is 7.33. The second-order valence-corrected chi connectivity index (χ2v) is 9.83. The quantitative estimate of drug-likeness (QED) is 0.226. The third kappa shape index (κ3) is 5.13. The number of nitrogens with zero attached hydrogens (tertiary/aromatic N) is 2. The zero-order chi connectivity index (χ0) is 28.1. The van der Waals surface area contributed by atoms with Crippen molar-refractivity contribution in [3.05, 3.63) is 133 Å². The number of rotatable bonds is 9. The first-order chi connectivity index (χ1) is 19.6. The number of carbonyl (C=O) groups is 1. The highest BCUT2D eigenvalue weighted by Gasteiger charge is 2.35. The highest BCUT2D eigenvalue weighted by atomic mass is 32.1. The lowest BCUT2D eigenvalue weighted by molar-refractivity contribution is -0.138. The Kier molecular flexibility index (Phi) is 8.07. The summed E-state index contributed by atoms with van der Waals surface area (Å²) in [5, 5.41) is 0. The van der Waals surface area contributed by atoms with Crippen molar-refractivity contribution >= 4 is 29.1 Å². The molecule has 1 aromatic heterocycles. The summed E-state index contributed by atoms with van der Waals surface area (Å²) in [6.07, 6.45) is 3.41. The van der Waals surface area contributed by atoms with Gasteiger partial charge in [-0.1, -0.05) is 96.8 Å². The molecule has 4 aromatic rings. The molecule has 0 aliphatic carbocycles. The van der Waals surface area contributed by atoms with Crippen molar-refractivity contribution in [3.8, 4) is 11.5 Å². The van der Waals surface area contributed by atoms with Crippen LogP contribution in [0.2, 0.25) is 0 Å². The van der Waals surface area contributed by atoms with E-state index >= 15 is 0 Å². The molecule has 1 aliphatic rings. The zero-order valence-electron chi connectivity index (χ0n) is 22.2. The minimum Gasteiger partial charge on any atom is -0.493 e. The van der Waals surface area contributed by atoms with Crippen molar-refractivity contribution < 1.29 is 19.0 Å². The van der Waals surface area contributed by atoms with Gasteiger partial charge in [0.2, 0.25) is 0 Å². The predicted molar refractivity (Wildman–Crippen MR) is 156 cm³/mol. The Hall–Kier alpha value is -4.69. The molecule has 3 aromatic carbocycles. The van der Waals surface area contributed by atoms with Crippen LogP contribution in [0.4, 0.5) is 0 Å². The number of hydrogen-bond acceptors (Lipinski definition) is 7. The van der Waals surface area contributed by atoms with Crippen molar-refractivity contribution in [2.75, 3.05) is 20.3 Å². The number of benzene rings is 3. The number of para-hydroxylation sites is 1. The van der Waals surface area contributed by atoms with Gasteiger partial charge in [-0.25, -0.2) is 9.79 Å². The van der Waals surface area contributed by atoms with Crippen LogP contribution in [0, 0.1) is 0 Å².